The highest BCUT2D eigenvalue weighted by Gasteiger charge is 2.51. The molecule has 0 aromatic heterocycles. The molecule has 1 aromatic rings. The fourth-order valence-electron chi connectivity index (χ4n) is 3.29. The molecule has 1 aromatic carbocycles. The number of phenols is 1. The van der Waals surface area contributed by atoms with E-state index in [1.807, 2.05) is 26.8 Å². The van der Waals surface area contributed by atoms with Crippen molar-refractivity contribution in [1.29, 1.82) is 0 Å². The van der Waals surface area contributed by atoms with Gasteiger partial charge in [0.1, 0.15) is 17.1 Å². The normalized spacial score (nSPS) is 21.5. The average molecular weight is 332 g/mol. The van der Waals surface area contributed by atoms with Crippen LogP contribution in [-0.4, -0.2) is 36.0 Å². The second-order valence-corrected chi connectivity index (χ2v) is 6.89. The van der Waals surface area contributed by atoms with Crippen molar-refractivity contribution in [3.05, 3.63) is 47.2 Å². The Hall–Kier alpha value is -2.27. The number of phenolic OH excluding ortho intramolecular Hbond substituents is 1. The van der Waals surface area contributed by atoms with E-state index in [-0.39, 0.29) is 17.7 Å². The molecule has 0 amide bonds. The number of ether oxygens (including phenoxy) is 2. The first-order chi connectivity index (χ1) is 11.2. The Morgan fingerprint density at radius 3 is 2.29 bits per heavy atom. The lowest BCUT2D eigenvalue weighted by atomic mass is 9.64. The van der Waals surface area contributed by atoms with Crippen LogP contribution in [-0.2, 0) is 14.3 Å². The number of para-hydroxylation sites is 1. The number of hydrogen-bond donors (Lipinski definition) is 2. The highest BCUT2D eigenvalue weighted by molar-refractivity contribution is 5.92. The first-order valence-corrected chi connectivity index (χ1v) is 7.74. The van der Waals surface area contributed by atoms with Crippen molar-refractivity contribution in [3.8, 4) is 5.75 Å². The Bertz CT molecular complexity index is 709. The van der Waals surface area contributed by atoms with Gasteiger partial charge in [-0.2, -0.15) is 0 Å². The number of carboxylic acids is 1. The summed E-state index contributed by atoms with van der Waals surface area (Å²) in [5.41, 5.74) is 0.0373. The Morgan fingerprint density at radius 2 is 1.83 bits per heavy atom. The lowest BCUT2D eigenvalue weighted by molar-refractivity contribution is -0.134. The quantitative estimate of drug-likeness (QED) is 0.881. The van der Waals surface area contributed by atoms with Crippen LogP contribution in [0.2, 0.25) is 0 Å². The largest absolute Gasteiger partial charge is 0.507 e. The molecular formula is C19H24O5. The fourth-order valence-corrected chi connectivity index (χ4v) is 3.29. The van der Waals surface area contributed by atoms with Gasteiger partial charge in [0.2, 0.25) is 0 Å². The minimum absolute atomic E-state index is 0.0971. The maximum Gasteiger partial charge on any atom is 0.331 e. The number of methoxy groups -OCH3 is 2. The van der Waals surface area contributed by atoms with E-state index in [9.17, 15) is 15.0 Å². The van der Waals surface area contributed by atoms with Gasteiger partial charge in [-0.3, -0.25) is 0 Å². The van der Waals surface area contributed by atoms with E-state index in [2.05, 4.69) is 0 Å². The summed E-state index contributed by atoms with van der Waals surface area (Å²) in [5.74, 6) is -0.525. The van der Waals surface area contributed by atoms with Crippen LogP contribution in [0.4, 0.5) is 0 Å². The molecule has 0 fully saturated rings. The van der Waals surface area contributed by atoms with Gasteiger partial charge in [-0.1, -0.05) is 39.0 Å². The van der Waals surface area contributed by atoms with Gasteiger partial charge in [0, 0.05) is 30.2 Å². The molecule has 0 saturated heterocycles. The summed E-state index contributed by atoms with van der Waals surface area (Å²) in [6, 6.07) is 6.92. The lowest BCUT2D eigenvalue weighted by Gasteiger charge is -2.47. The first-order valence-electron chi connectivity index (χ1n) is 7.74. The first kappa shape index (κ1) is 18.1. The van der Waals surface area contributed by atoms with Crippen LogP contribution in [0.3, 0.4) is 0 Å². The molecule has 1 unspecified atom stereocenters. The summed E-state index contributed by atoms with van der Waals surface area (Å²) < 4.78 is 11.4. The minimum Gasteiger partial charge on any atom is -0.507 e. The van der Waals surface area contributed by atoms with E-state index in [0.717, 1.165) is 0 Å². The molecule has 0 saturated carbocycles. The Labute approximate surface area is 142 Å². The summed E-state index contributed by atoms with van der Waals surface area (Å²) in [4.78, 5) is 11.6. The highest BCUT2D eigenvalue weighted by atomic mass is 16.5. The summed E-state index contributed by atoms with van der Waals surface area (Å²) in [6.45, 7) is 5.94. The fraction of sp³-hybridized carbons (Fsp3) is 0.421. The third-order valence-electron chi connectivity index (χ3n) is 4.62. The summed E-state index contributed by atoms with van der Waals surface area (Å²) >= 11 is 0. The average Bonchev–Trinajstić information content (AvgIpc) is 2.53. The standard InChI is InChI=1S/C19H24O5/c1-18(2,3)19(24-5)11-12(17(21)22)10-15(23-4)16(19)13-8-6-7-9-14(13)20/h6-10,20H,11H2,1-5H3,(H,21,22). The smallest absolute Gasteiger partial charge is 0.331 e. The molecule has 2 N–H and O–H groups in total. The van der Waals surface area contributed by atoms with Crippen LogP contribution in [0.15, 0.2) is 41.7 Å². The molecule has 2 rings (SSSR count). The number of rotatable bonds is 4. The van der Waals surface area contributed by atoms with Crippen molar-refractivity contribution in [2.45, 2.75) is 32.8 Å². The van der Waals surface area contributed by atoms with E-state index >= 15 is 0 Å². The van der Waals surface area contributed by atoms with Gasteiger partial charge in [-0.25, -0.2) is 4.79 Å². The molecule has 1 aliphatic carbocycles. The maximum absolute atomic E-state index is 11.6. The van der Waals surface area contributed by atoms with Crippen molar-refractivity contribution in [3.63, 3.8) is 0 Å². The monoisotopic (exact) mass is 332 g/mol. The topological polar surface area (TPSA) is 76.0 Å². The molecule has 1 atom stereocenters. The van der Waals surface area contributed by atoms with Crippen LogP contribution in [0.1, 0.15) is 32.8 Å². The number of carbonyl (C=O) groups is 1. The summed E-state index contributed by atoms with van der Waals surface area (Å²) in [6.07, 6.45) is 1.69. The molecule has 1 aliphatic rings. The Balaban J connectivity index is 2.88. The van der Waals surface area contributed by atoms with Gasteiger partial charge >= 0.3 is 5.97 Å². The van der Waals surface area contributed by atoms with Crippen molar-refractivity contribution >= 4 is 11.5 Å². The highest BCUT2D eigenvalue weighted by Crippen LogP contribution is 2.53. The zero-order chi connectivity index (χ0) is 18.1. The number of hydrogen-bond acceptors (Lipinski definition) is 4. The van der Waals surface area contributed by atoms with Crippen LogP contribution in [0, 0.1) is 5.41 Å². The summed E-state index contributed by atoms with van der Waals surface area (Å²) in [7, 11) is 3.04. The number of carboxylic acid groups (broad SMARTS) is 1. The zero-order valence-corrected chi connectivity index (χ0v) is 14.7. The zero-order valence-electron chi connectivity index (χ0n) is 14.7. The molecule has 0 radical (unpaired) electrons. The molecule has 130 valence electrons. The number of aliphatic carboxylic acids is 1. The van der Waals surface area contributed by atoms with Crippen molar-refractivity contribution in [2.75, 3.05) is 14.2 Å². The van der Waals surface area contributed by atoms with Crippen LogP contribution in [0.25, 0.3) is 5.57 Å². The molecule has 0 bridgehead atoms. The molecule has 5 heteroatoms. The van der Waals surface area contributed by atoms with E-state index in [1.165, 1.54) is 13.2 Å². The van der Waals surface area contributed by atoms with Crippen molar-refractivity contribution in [1.82, 2.24) is 0 Å². The second kappa shape index (κ2) is 6.32. The van der Waals surface area contributed by atoms with Gasteiger partial charge in [-0.15, -0.1) is 0 Å². The maximum atomic E-state index is 11.6. The lowest BCUT2D eigenvalue weighted by Crippen LogP contribution is -2.48. The molecule has 0 spiro atoms. The third kappa shape index (κ3) is 2.80. The van der Waals surface area contributed by atoms with Gasteiger partial charge in [0.05, 0.1) is 7.11 Å². The van der Waals surface area contributed by atoms with Gasteiger partial charge in [0.15, 0.2) is 0 Å². The van der Waals surface area contributed by atoms with Crippen LogP contribution in [0.5, 0.6) is 5.75 Å². The van der Waals surface area contributed by atoms with Crippen molar-refractivity contribution in [2.24, 2.45) is 5.41 Å². The predicted molar refractivity (Wildman–Crippen MR) is 91.6 cm³/mol. The molecular weight excluding hydrogens is 308 g/mol. The van der Waals surface area contributed by atoms with Crippen molar-refractivity contribution < 1.29 is 24.5 Å². The van der Waals surface area contributed by atoms with Gasteiger partial charge in [-0.05, 0) is 17.6 Å². The number of benzene rings is 1. The second-order valence-electron chi connectivity index (χ2n) is 6.89. The van der Waals surface area contributed by atoms with Gasteiger partial charge in [0.25, 0.3) is 0 Å². The van der Waals surface area contributed by atoms with Crippen LogP contribution < -0.4 is 0 Å². The molecule has 0 heterocycles. The minimum atomic E-state index is -1.01. The molecule has 24 heavy (non-hydrogen) atoms. The van der Waals surface area contributed by atoms with E-state index in [4.69, 9.17) is 9.47 Å². The predicted octanol–water partition coefficient (Wildman–Crippen LogP) is 3.60. The number of aromatic hydroxyl groups is 1. The van der Waals surface area contributed by atoms with E-state index in [0.29, 0.717) is 16.9 Å². The Kier molecular flexibility index (Phi) is 4.76. The Morgan fingerprint density at radius 1 is 1.21 bits per heavy atom. The van der Waals surface area contributed by atoms with E-state index in [1.54, 1.807) is 25.3 Å². The van der Waals surface area contributed by atoms with Gasteiger partial charge < -0.3 is 19.7 Å². The number of allylic oxidation sites excluding steroid dienone is 1. The molecule has 5 nitrogen and oxygen atoms in total. The third-order valence-corrected chi connectivity index (χ3v) is 4.62. The van der Waals surface area contributed by atoms with E-state index < -0.39 is 17.0 Å². The van der Waals surface area contributed by atoms with Crippen LogP contribution >= 0.6 is 0 Å². The SMILES string of the molecule is COC1=C(c2ccccc2O)C(OC)(C(C)(C)C)CC(C(=O)O)=C1. The summed E-state index contributed by atoms with van der Waals surface area (Å²) in [5, 5.41) is 19.9. The molecule has 0 aliphatic heterocycles.